The number of methoxy groups -OCH3 is 2. The van der Waals surface area contributed by atoms with Gasteiger partial charge < -0.3 is 30.6 Å². The fourth-order valence-corrected chi connectivity index (χ4v) is 2.01. The molecule has 0 fully saturated rings. The SMILES string of the molecule is COC(=O)c1cc(N)c(NCC=CCNC(=O)OC(C)(C)C)c(OC)c1. The molecule has 1 amide bonds. The van der Waals surface area contributed by atoms with Crippen LogP contribution in [0.5, 0.6) is 5.75 Å². The Bertz CT molecular complexity index is 666. The van der Waals surface area contributed by atoms with Crippen molar-refractivity contribution >= 4 is 23.4 Å². The molecular formula is C18H27N3O5. The van der Waals surface area contributed by atoms with E-state index in [0.29, 0.717) is 35.8 Å². The fraction of sp³-hybridized carbons (Fsp3) is 0.444. The third kappa shape index (κ3) is 6.92. The Morgan fingerprint density at radius 2 is 1.81 bits per heavy atom. The molecule has 8 heteroatoms. The zero-order chi connectivity index (χ0) is 19.7. The van der Waals surface area contributed by atoms with Gasteiger partial charge in [-0.15, -0.1) is 0 Å². The van der Waals surface area contributed by atoms with E-state index in [2.05, 4.69) is 15.4 Å². The summed E-state index contributed by atoms with van der Waals surface area (Å²) in [6.45, 7) is 6.19. The molecule has 0 aliphatic carbocycles. The third-order valence-corrected chi connectivity index (χ3v) is 3.10. The number of rotatable bonds is 7. The van der Waals surface area contributed by atoms with Crippen molar-refractivity contribution in [3.05, 3.63) is 29.8 Å². The molecule has 0 aliphatic rings. The van der Waals surface area contributed by atoms with E-state index in [0.717, 1.165) is 0 Å². The van der Waals surface area contributed by atoms with Crippen LogP contribution in [0.4, 0.5) is 16.2 Å². The first-order valence-electron chi connectivity index (χ1n) is 8.09. The van der Waals surface area contributed by atoms with Gasteiger partial charge in [-0.2, -0.15) is 0 Å². The van der Waals surface area contributed by atoms with Crippen LogP contribution in [0.2, 0.25) is 0 Å². The zero-order valence-electron chi connectivity index (χ0n) is 15.8. The third-order valence-electron chi connectivity index (χ3n) is 3.10. The fourth-order valence-electron chi connectivity index (χ4n) is 2.01. The lowest BCUT2D eigenvalue weighted by atomic mass is 10.1. The van der Waals surface area contributed by atoms with Gasteiger partial charge in [0.1, 0.15) is 17.0 Å². The van der Waals surface area contributed by atoms with Gasteiger partial charge in [0.2, 0.25) is 0 Å². The molecule has 0 heterocycles. The van der Waals surface area contributed by atoms with Crippen LogP contribution in [0.25, 0.3) is 0 Å². The zero-order valence-corrected chi connectivity index (χ0v) is 15.8. The number of benzene rings is 1. The molecule has 1 aromatic rings. The van der Waals surface area contributed by atoms with E-state index in [-0.39, 0.29) is 0 Å². The van der Waals surface area contributed by atoms with Gasteiger partial charge in [-0.3, -0.25) is 0 Å². The van der Waals surface area contributed by atoms with Crippen LogP contribution in [0, 0.1) is 0 Å². The van der Waals surface area contributed by atoms with Crippen LogP contribution < -0.4 is 21.1 Å². The van der Waals surface area contributed by atoms with Crippen molar-refractivity contribution < 1.29 is 23.8 Å². The highest BCUT2D eigenvalue weighted by Gasteiger charge is 2.15. The number of hydrogen-bond donors (Lipinski definition) is 3. The smallest absolute Gasteiger partial charge is 0.407 e. The second-order valence-electron chi connectivity index (χ2n) is 6.37. The Morgan fingerprint density at radius 1 is 1.15 bits per heavy atom. The maximum Gasteiger partial charge on any atom is 0.407 e. The first-order chi connectivity index (χ1) is 12.2. The van der Waals surface area contributed by atoms with Crippen LogP contribution in [-0.4, -0.2) is 45.0 Å². The quantitative estimate of drug-likeness (QED) is 0.387. The predicted molar refractivity (Wildman–Crippen MR) is 101 cm³/mol. The van der Waals surface area contributed by atoms with Crippen molar-refractivity contribution in [3.8, 4) is 5.75 Å². The number of carbonyl (C=O) groups excluding carboxylic acids is 2. The molecule has 4 N–H and O–H groups in total. The summed E-state index contributed by atoms with van der Waals surface area (Å²) >= 11 is 0. The molecule has 0 unspecified atom stereocenters. The van der Waals surface area contributed by atoms with E-state index in [4.69, 9.17) is 15.2 Å². The van der Waals surface area contributed by atoms with E-state index < -0.39 is 17.7 Å². The summed E-state index contributed by atoms with van der Waals surface area (Å²) in [5, 5.41) is 5.73. The molecule has 26 heavy (non-hydrogen) atoms. The number of nitrogens with one attached hydrogen (secondary N) is 2. The average molecular weight is 365 g/mol. The standard InChI is InChI=1S/C18H27N3O5/c1-18(2,3)26-17(23)21-9-7-6-8-20-15-13(19)10-12(16(22)25-5)11-14(15)24-4/h6-7,10-11,20H,8-9,19H2,1-5H3,(H,21,23). The summed E-state index contributed by atoms with van der Waals surface area (Å²) in [7, 11) is 2.79. The Hall–Kier alpha value is -2.90. The van der Waals surface area contributed by atoms with E-state index in [1.54, 1.807) is 32.9 Å². The molecule has 0 saturated heterocycles. The van der Waals surface area contributed by atoms with E-state index in [1.165, 1.54) is 20.3 Å². The van der Waals surface area contributed by atoms with Gasteiger partial charge >= 0.3 is 12.1 Å². The molecule has 0 bridgehead atoms. The molecule has 1 aromatic carbocycles. The summed E-state index contributed by atoms with van der Waals surface area (Å²) in [4.78, 5) is 23.1. The summed E-state index contributed by atoms with van der Waals surface area (Å²) < 4.78 is 15.1. The molecular weight excluding hydrogens is 338 g/mol. The minimum absolute atomic E-state index is 0.310. The average Bonchev–Trinajstić information content (AvgIpc) is 2.56. The summed E-state index contributed by atoms with van der Waals surface area (Å²) in [5.74, 6) is -0.0552. The molecule has 0 aliphatic heterocycles. The first-order valence-corrected chi connectivity index (χ1v) is 8.09. The molecule has 0 spiro atoms. The Kier molecular flexibility index (Phi) is 7.77. The predicted octanol–water partition coefficient (Wildman–Crippen LogP) is 2.56. The van der Waals surface area contributed by atoms with Gasteiger partial charge in [-0.25, -0.2) is 9.59 Å². The number of nitrogens with two attached hydrogens (primary N) is 1. The Labute approximate surface area is 153 Å². The van der Waals surface area contributed by atoms with Gasteiger partial charge in [0.15, 0.2) is 0 Å². The molecule has 0 saturated carbocycles. The van der Waals surface area contributed by atoms with Crippen molar-refractivity contribution in [2.45, 2.75) is 26.4 Å². The highest BCUT2D eigenvalue weighted by molar-refractivity contribution is 5.93. The molecule has 0 radical (unpaired) electrons. The van der Waals surface area contributed by atoms with Crippen molar-refractivity contribution in [2.75, 3.05) is 38.4 Å². The number of carbonyl (C=O) groups is 2. The highest BCUT2D eigenvalue weighted by Crippen LogP contribution is 2.32. The molecule has 144 valence electrons. The van der Waals surface area contributed by atoms with E-state index in [1.807, 2.05) is 6.08 Å². The minimum atomic E-state index is -0.528. The van der Waals surface area contributed by atoms with Crippen LogP contribution >= 0.6 is 0 Å². The number of hydrogen-bond acceptors (Lipinski definition) is 7. The summed E-state index contributed by atoms with van der Waals surface area (Å²) in [6.07, 6.45) is 3.13. The molecule has 0 aromatic heterocycles. The van der Waals surface area contributed by atoms with Crippen LogP contribution in [-0.2, 0) is 9.47 Å². The van der Waals surface area contributed by atoms with Gasteiger partial charge in [-0.1, -0.05) is 12.2 Å². The lowest BCUT2D eigenvalue weighted by molar-refractivity contribution is 0.0532. The van der Waals surface area contributed by atoms with Crippen LogP contribution in [0.15, 0.2) is 24.3 Å². The maximum absolute atomic E-state index is 11.6. The van der Waals surface area contributed by atoms with Gasteiger partial charge in [-0.05, 0) is 32.9 Å². The topological polar surface area (TPSA) is 112 Å². The first kappa shape index (κ1) is 21.1. The van der Waals surface area contributed by atoms with Crippen molar-refractivity contribution in [1.82, 2.24) is 5.32 Å². The monoisotopic (exact) mass is 365 g/mol. The van der Waals surface area contributed by atoms with Crippen molar-refractivity contribution in [3.63, 3.8) is 0 Å². The maximum atomic E-state index is 11.6. The Morgan fingerprint density at radius 3 is 2.38 bits per heavy atom. The Balaban J connectivity index is 2.57. The van der Waals surface area contributed by atoms with Gasteiger partial charge in [0, 0.05) is 13.1 Å². The highest BCUT2D eigenvalue weighted by atomic mass is 16.6. The number of ether oxygens (including phenoxy) is 3. The second-order valence-corrected chi connectivity index (χ2v) is 6.37. The van der Waals surface area contributed by atoms with Gasteiger partial charge in [0.05, 0.1) is 25.5 Å². The van der Waals surface area contributed by atoms with E-state index >= 15 is 0 Å². The van der Waals surface area contributed by atoms with Crippen molar-refractivity contribution in [1.29, 1.82) is 0 Å². The number of esters is 1. The number of nitrogen functional groups attached to an aromatic ring is 1. The van der Waals surface area contributed by atoms with Crippen LogP contribution in [0.3, 0.4) is 0 Å². The molecule has 0 atom stereocenters. The second kappa shape index (κ2) is 9.55. The summed E-state index contributed by atoms with van der Waals surface area (Å²) in [6, 6.07) is 3.07. The van der Waals surface area contributed by atoms with E-state index in [9.17, 15) is 9.59 Å². The van der Waals surface area contributed by atoms with Crippen molar-refractivity contribution in [2.24, 2.45) is 0 Å². The number of amides is 1. The number of anilines is 2. The summed E-state index contributed by atoms with van der Waals surface area (Å²) in [5.41, 5.74) is 6.70. The van der Waals surface area contributed by atoms with Gasteiger partial charge in [0.25, 0.3) is 0 Å². The molecule has 1 rings (SSSR count). The minimum Gasteiger partial charge on any atom is -0.494 e. The lowest BCUT2D eigenvalue weighted by Gasteiger charge is -2.19. The number of alkyl carbamates (subject to hydrolysis) is 1. The normalized spacial score (nSPS) is 11.1. The molecule has 8 nitrogen and oxygen atoms in total. The lowest BCUT2D eigenvalue weighted by Crippen LogP contribution is -2.32. The largest absolute Gasteiger partial charge is 0.494 e. The van der Waals surface area contributed by atoms with Crippen LogP contribution in [0.1, 0.15) is 31.1 Å².